The van der Waals surface area contributed by atoms with Crippen molar-refractivity contribution in [2.75, 3.05) is 11.3 Å². The second kappa shape index (κ2) is 6.09. The number of halogens is 2. The largest absolute Gasteiger partial charge is 0.330 e. The molecule has 108 valence electrons. The third-order valence-electron chi connectivity index (χ3n) is 2.41. The van der Waals surface area contributed by atoms with E-state index in [1.54, 1.807) is 6.07 Å². The van der Waals surface area contributed by atoms with Crippen molar-refractivity contribution < 1.29 is 12.8 Å². The molecule has 0 fully saturated rings. The highest BCUT2D eigenvalue weighted by Crippen LogP contribution is 2.26. The van der Waals surface area contributed by atoms with Gasteiger partial charge in [-0.3, -0.25) is 4.72 Å². The second-order valence-electron chi connectivity index (χ2n) is 4.02. The molecule has 20 heavy (non-hydrogen) atoms. The minimum Gasteiger partial charge on any atom is -0.330 e. The molecule has 0 amide bonds. The number of nitrogens with two attached hydrogens (primary N) is 1. The maximum atomic E-state index is 13.2. The third-order valence-corrected chi connectivity index (χ3v) is 5.64. The first kappa shape index (κ1) is 15.2. The Bertz CT molecular complexity index is 696. The van der Waals surface area contributed by atoms with Gasteiger partial charge in [-0.2, -0.15) is 0 Å². The first-order valence-electron chi connectivity index (χ1n) is 5.68. The molecular formula is C12H12ClFN2O2S2. The molecule has 0 bridgehead atoms. The van der Waals surface area contributed by atoms with Crippen LogP contribution in [0.4, 0.5) is 10.1 Å². The molecule has 1 aromatic heterocycles. The zero-order valence-corrected chi connectivity index (χ0v) is 12.7. The van der Waals surface area contributed by atoms with Gasteiger partial charge in [0.1, 0.15) is 10.0 Å². The normalized spacial score (nSPS) is 11.6. The summed E-state index contributed by atoms with van der Waals surface area (Å²) in [4.78, 5) is 0.880. The Labute approximate surface area is 125 Å². The summed E-state index contributed by atoms with van der Waals surface area (Å²) in [6, 6.07) is 6.72. The molecule has 0 unspecified atom stereocenters. The Kier molecular flexibility index (Phi) is 4.64. The van der Waals surface area contributed by atoms with Gasteiger partial charge in [0.05, 0.1) is 5.69 Å². The lowest BCUT2D eigenvalue weighted by molar-refractivity contribution is 0.603. The summed E-state index contributed by atoms with van der Waals surface area (Å²) in [7, 11) is -3.74. The van der Waals surface area contributed by atoms with Crippen LogP contribution in [0.25, 0.3) is 0 Å². The smallest absolute Gasteiger partial charge is 0.271 e. The fourth-order valence-corrected chi connectivity index (χ4v) is 4.23. The number of sulfonamides is 1. The van der Waals surface area contributed by atoms with E-state index >= 15 is 0 Å². The van der Waals surface area contributed by atoms with E-state index in [0.29, 0.717) is 13.0 Å². The van der Waals surface area contributed by atoms with E-state index in [4.69, 9.17) is 17.3 Å². The minimum atomic E-state index is -3.74. The van der Waals surface area contributed by atoms with E-state index < -0.39 is 15.8 Å². The summed E-state index contributed by atoms with van der Waals surface area (Å²) in [6.45, 7) is 0.451. The number of thiophene rings is 1. The predicted octanol–water partition coefficient (Wildman–Crippen LogP) is 2.84. The highest BCUT2D eigenvalue weighted by molar-refractivity contribution is 7.94. The second-order valence-corrected chi connectivity index (χ2v) is 7.54. The van der Waals surface area contributed by atoms with Crippen LogP contribution in [0.2, 0.25) is 5.02 Å². The average molecular weight is 335 g/mol. The van der Waals surface area contributed by atoms with Crippen LogP contribution >= 0.6 is 22.9 Å². The molecule has 0 aliphatic carbocycles. The summed E-state index contributed by atoms with van der Waals surface area (Å²) in [5.41, 5.74) is 5.51. The monoisotopic (exact) mass is 334 g/mol. The van der Waals surface area contributed by atoms with Crippen molar-refractivity contribution in [3.05, 3.63) is 46.0 Å². The van der Waals surface area contributed by atoms with Gasteiger partial charge in [0.15, 0.2) is 0 Å². The van der Waals surface area contributed by atoms with Gasteiger partial charge < -0.3 is 5.73 Å². The predicted molar refractivity (Wildman–Crippen MR) is 79.3 cm³/mol. The van der Waals surface area contributed by atoms with Crippen LogP contribution in [0.1, 0.15) is 4.88 Å². The molecule has 0 aliphatic rings. The lowest BCUT2D eigenvalue weighted by Crippen LogP contribution is -2.11. The van der Waals surface area contributed by atoms with Gasteiger partial charge in [-0.25, -0.2) is 12.8 Å². The van der Waals surface area contributed by atoms with Crippen LogP contribution in [-0.2, 0) is 16.4 Å². The van der Waals surface area contributed by atoms with Crippen LogP contribution in [0, 0.1) is 5.82 Å². The van der Waals surface area contributed by atoms with E-state index in [-0.39, 0.29) is 14.9 Å². The lowest BCUT2D eigenvalue weighted by Gasteiger charge is -2.06. The zero-order valence-electron chi connectivity index (χ0n) is 10.3. The van der Waals surface area contributed by atoms with Crippen molar-refractivity contribution in [1.29, 1.82) is 0 Å². The molecule has 1 aromatic carbocycles. The first-order chi connectivity index (χ1) is 9.40. The van der Waals surface area contributed by atoms with Gasteiger partial charge in [-0.05, 0) is 43.3 Å². The number of benzene rings is 1. The maximum absolute atomic E-state index is 13.2. The topological polar surface area (TPSA) is 72.2 Å². The van der Waals surface area contributed by atoms with Gasteiger partial charge in [-0.1, -0.05) is 11.6 Å². The van der Waals surface area contributed by atoms with Gasteiger partial charge in [0, 0.05) is 9.90 Å². The molecule has 4 nitrogen and oxygen atoms in total. The quantitative estimate of drug-likeness (QED) is 0.883. The minimum absolute atomic E-state index is 0.0868. The molecule has 0 spiro atoms. The molecular weight excluding hydrogens is 323 g/mol. The fraction of sp³-hybridized carbons (Fsp3) is 0.167. The Morgan fingerprint density at radius 1 is 1.30 bits per heavy atom. The number of hydrogen-bond acceptors (Lipinski definition) is 4. The van der Waals surface area contributed by atoms with Crippen molar-refractivity contribution in [3.63, 3.8) is 0 Å². The van der Waals surface area contributed by atoms with Crippen molar-refractivity contribution in [1.82, 2.24) is 0 Å². The fourth-order valence-electron chi connectivity index (χ4n) is 1.60. The van der Waals surface area contributed by atoms with Gasteiger partial charge >= 0.3 is 0 Å². The summed E-state index contributed by atoms with van der Waals surface area (Å²) in [5, 5.41) is 0.123. The van der Waals surface area contributed by atoms with Crippen LogP contribution in [-0.4, -0.2) is 15.0 Å². The molecule has 0 radical (unpaired) electrons. The number of hydrogen-bond donors (Lipinski definition) is 2. The number of rotatable bonds is 5. The maximum Gasteiger partial charge on any atom is 0.271 e. The highest BCUT2D eigenvalue weighted by Gasteiger charge is 2.17. The van der Waals surface area contributed by atoms with E-state index in [2.05, 4.69) is 4.72 Å². The Hall–Kier alpha value is -1.15. The summed E-state index contributed by atoms with van der Waals surface area (Å²) < 4.78 is 39.9. The van der Waals surface area contributed by atoms with Crippen LogP contribution < -0.4 is 10.5 Å². The number of nitrogens with one attached hydrogen (secondary N) is 1. The van der Waals surface area contributed by atoms with E-state index in [1.165, 1.54) is 12.1 Å². The van der Waals surface area contributed by atoms with Crippen molar-refractivity contribution >= 4 is 38.6 Å². The highest BCUT2D eigenvalue weighted by atomic mass is 35.5. The van der Waals surface area contributed by atoms with Gasteiger partial charge in [0.2, 0.25) is 0 Å². The van der Waals surface area contributed by atoms with Gasteiger partial charge in [-0.15, -0.1) is 11.3 Å². The van der Waals surface area contributed by atoms with E-state index in [9.17, 15) is 12.8 Å². The molecule has 0 saturated carbocycles. The average Bonchev–Trinajstić information content (AvgIpc) is 2.76. The molecule has 2 rings (SSSR count). The van der Waals surface area contributed by atoms with E-state index in [0.717, 1.165) is 28.3 Å². The van der Waals surface area contributed by atoms with Crippen LogP contribution in [0.5, 0.6) is 0 Å². The molecule has 8 heteroatoms. The van der Waals surface area contributed by atoms with Gasteiger partial charge in [0.25, 0.3) is 10.0 Å². The SMILES string of the molecule is NCCc1ccc(S(=O)(=O)Nc2cc(F)cc(Cl)c2)s1. The van der Waals surface area contributed by atoms with Crippen molar-refractivity contribution in [2.24, 2.45) is 5.73 Å². The molecule has 2 aromatic rings. The summed E-state index contributed by atoms with van der Waals surface area (Å²) >= 11 is 6.82. The standard InChI is InChI=1S/C12H12ClFN2O2S2/c13-8-5-9(14)7-10(6-8)16-20(17,18)12-2-1-11(19-12)3-4-15/h1-2,5-7,16H,3-4,15H2. The molecule has 0 aliphatic heterocycles. The summed E-state index contributed by atoms with van der Waals surface area (Å²) in [5.74, 6) is -0.606. The first-order valence-corrected chi connectivity index (χ1v) is 8.36. The Morgan fingerprint density at radius 2 is 2.05 bits per heavy atom. The van der Waals surface area contributed by atoms with Crippen LogP contribution in [0.15, 0.2) is 34.5 Å². The Balaban J connectivity index is 2.25. The molecule has 3 N–H and O–H groups in total. The molecule has 0 atom stereocenters. The molecule has 1 heterocycles. The van der Waals surface area contributed by atoms with Crippen molar-refractivity contribution in [2.45, 2.75) is 10.6 Å². The van der Waals surface area contributed by atoms with Crippen LogP contribution in [0.3, 0.4) is 0 Å². The Morgan fingerprint density at radius 3 is 2.70 bits per heavy atom. The number of anilines is 1. The van der Waals surface area contributed by atoms with E-state index in [1.807, 2.05) is 0 Å². The lowest BCUT2D eigenvalue weighted by atomic mass is 10.3. The van der Waals surface area contributed by atoms with Crippen molar-refractivity contribution in [3.8, 4) is 0 Å². The summed E-state index contributed by atoms with van der Waals surface area (Å²) in [6.07, 6.45) is 0.617. The molecule has 0 saturated heterocycles. The zero-order chi connectivity index (χ0) is 14.8. The third kappa shape index (κ3) is 3.69.